The Bertz CT molecular complexity index is 491. The predicted octanol–water partition coefficient (Wildman–Crippen LogP) is 3.48. The van der Waals surface area contributed by atoms with Crippen LogP contribution in [0.1, 0.15) is 13.8 Å². The zero-order valence-electron chi connectivity index (χ0n) is 8.67. The van der Waals surface area contributed by atoms with Gasteiger partial charge in [0.25, 0.3) is 0 Å². The molecule has 0 bridgehead atoms. The van der Waals surface area contributed by atoms with Crippen molar-refractivity contribution < 1.29 is 4.39 Å². The van der Waals surface area contributed by atoms with Gasteiger partial charge in [-0.3, -0.25) is 0 Å². The van der Waals surface area contributed by atoms with Crippen molar-refractivity contribution in [1.29, 1.82) is 0 Å². The van der Waals surface area contributed by atoms with E-state index in [-0.39, 0.29) is 5.82 Å². The minimum Gasteiger partial charge on any atom is -0.314 e. The number of nitrogens with zero attached hydrogens (tertiary/aromatic N) is 2. The molecular formula is C11H12ClFN2. The summed E-state index contributed by atoms with van der Waals surface area (Å²) in [6.07, 6.45) is 0. The molecule has 0 radical (unpaired) electrons. The summed E-state index contributed by atoms with van der Waals surface area (Å²) < 4.78 is 14.9. The van der Waals surface area contributed by atoms with Crippen LogP contribution in [0, 0.1) is 11.7 Å². The number of imidazole rings is 1. The van der Waals surface area contributed by atoms with Gasteiger partial charge in [-0.25, -0.2) is 9.37 Å². The maximum Gasteiger partial charge on any atom is 0.203 e. The molecule has 0 fully saturated rings. The molecule has 0 atom stereocenters. The molecule has 2 rings (SSSR count). The van der Waals surface area contributed by atoms with Gasteiger partial charge in [0.15, 0.2) is 0 Å². The van der Waals surface area contributed by atoms with E-state index in [4.69, 9.17) is 11.6 Å². The van der Waals surface area contributed by atoms with Gasteiger partial charge < -0.3 is 4.57 Å². The lowest BCUT2D eigenvalue weighted by Crippen LogP contribution is -2.04. The molecule has 0 unspecified atom stereocenters. The molecule has 0 aliphatic carbocycles. The van der Waals surface area contributed by atoms with E-state index in [0.29, 0.717) is 16.7 Å². The Morgan fingerprint density at radius 1 is 1.47 bits per heavy atom. The third-order valence-corrected chi connectivity index (χ3v) is 2.50. The molecule has 1 aromatic carbocycles. The summed E-state index contributed by atoms with van der Waals surface area (Å²) in [5, 5.41) is 0.421. The third-order valence-electron chi connectivity index (χ3n) is 2.21. The van der Waals surface area contributed by atoms with Crippen LogP contribution in [0.4, 0.5) is 4.39 Å². The van der Waals surface area contributed by atoms with E-state index in [0.717, 1.165) is 12.1 Å². The maximum atomic E-state index is 12.9. The SMILES string of the molecule is CC(C)Cn1c(Cl)nc2cc(F)ccc21. The van der Waals surface area contributed by atoms with E-state index >= 15 is 0 Å². The first-order valence-electron chi connectivity index (χ1n) is 4.89. The molecule has 0 N–H and O–H groups in total. The molecular weight excluding hydrogens is 215 g/mol. The molecule has 15 heavy (non-hydrogen) atoms. The van der Waals surface area contributed by atoms with E-state index < -0.39 is 0 Å². The normalized spacial score (nSPS) is 11.5. The van der Waals surface area contributed by atoms with Gasteiger partial charge in [0.1, 0.15) is 5.82 Å². The number of aromatic nitrogens is 2. The first-order valence-corrected chi connectivity index (χ1v) is 5.27. The molecule has 0 aliphatic rings. The zero-order chi connectivity index (χ0) is 11.0. The highest BCUT2D eigenvalue weighted by Gasteiger charge is 2.10. The van der Waals surface area contributed by atoms with Gasteiger partial charge in [0.05, 0.1) is 11.0 Å². The fourth-order valence-electron chi connectivity index (χ4n) is 1.61. The van der Waals surface area contributed by atoms with Gasteiger partial charge in [-0.05, 0) is 29.7 Å². The van der Waals surface area contributed by atoms with Crippen LogP contribution in [0.15, 0.2) is 18.2 Å². The predicted molar refractivity (Wildman–Crippen MR) is 59.5 cm³/mol. The Labute approximate surface area is 92.7 Å². The minimum atomic E-state index is -0.284. The Hall–Kier alpha value is -1.09. The van der Waals surface area contributed by atoms with Crippen LogP contribution in [0.5, 0.6) is 0 Å². The highest BCUT2D eigenvalue weighted by Crippen LogP contribution is 2.21. The van der Waals surface area contributed by atoms with Crippen molar-refractivity contribution in [2.75, 3.05) is 0 Å². The summed E-state index contributed by atoms with van der Waals surface area (Å²) in [6, 6.07) is 4.54. The molecule has 0 saturated carbocycles. The number of hydrogen-bond acceptors (Lipinski definition) is 1. The summed E-state index contributed by atoms with van der Waals surface area (Å²) in [4.78, 5) is 4.12. The van der Waals surface area contributed by atoms with E-state index in [1.54, 1.807) is 6.07 Å². The topological polar surface area (TPSA) is 17.8 Å². The second-order valence-corrected chi connectivity index (χ2v) is 4.36. The summed E-state index contributed by atoms with van der Waals surface area (Å²) >= 11 is 5.99. The molecule has 0 saturated heterocycles. The van der Waals surface area contributed by atoms with Crippen LogP contribution in [-0.4, -0.2) is 9.55 Å². The molecule has 4 heteroatoms. The van der Waals surface area contributed by atoms with Crippen molar-refractivity contribution in [1.82, 2.24) is 9.55 Å². The lowest BCUT2D eigenvalue weighted by molar-refractivity contribution is 0.533. The van der Waals surface area contributed by atoms with Gasteiger partial charge in [-0.1, -0.05) is 13.8 Å². The summed E-state index contributed by atoms with van der Waals surface area (Å²) in [6.45, 7) is 5.00. The van der Waals surface area contributed by atoms with Crippen LogP contribution in [-0.2, 0) is 6.54 Å². The third kappa shape index (κ3) is 1.97. The Morgan fingerprint density at radius 2 is 2.20 bits per heavy atom. The van der Waals surface area contributed by atoms with Crippen molar-refractivity contribution in [3.05, 3.63) is 29.3 Å². The minimum absolute atomic E-state index is 0.284. The Kier molecular flexibility index (Phi) is 2.65. The summed E-state index contributed by atoms with van der Waals surface area (Å²) in [7, 11) is 0. The molecule has 2 aromatic rings. The van der Waals surface area contributed by atoms with Crippen LogP contribution >= 0.6 is 11.6 Å². The van der Waals surface area contributed by atoms with E-state index in [9.17, 15) is 4.39 Å². The van der Waals surface area contributed by atoms with E-state index in [1.165, 1.54) is 12.1 Å². The monoisotopic (exact) mass is 226 g/mol. The average Bonchev–Trinajstić information content (AvgIpc) is 2.41. The van der Waals surface area contributed by atoms with Crippen LogP contribution in [0.3, 0.4) is 0 Å². The van der Waals surface area contributed by atoms with Crippen LogP contribution in [0.25, 0.3) is 11.0 Å². The van der Waals surface area contributed by atoms with Crippen molar-refractivity contribution in [2.45, 2.75) is 20.4 Å². The van der Waals surface area contributed by atoms with Crippen molar-refractivity contribution in [2.24, 2.45) is 5.92 Å². The fourth-order valence-corrected chi connectivity index (χ4v) is 1.86. The molecule has 0 amide bonds. The highest BCUT2D eigenvalue weighted by atomic mass is 35.5. The average molecular weight is 227 g/mol. The second-order valence-electron chi connectivity index (χ2n) is 4.02. The van der Waals surface area contributed by atoms with Crippen LogP contribution < -0.4 is 0 Å². The lowest BCUT2D eigenvalue weighted by Gasteiger charge is -2.08. The highest BCUT2D eigenvalue weighted by molar-refractivity contribution is 6.29. The largest absolute Gasteiger partial charge is 0.314 e. The summed E-state index contributed by atoms with van der Waals surface area (Å²) in [5.74, 6) is 0.193. The first kappa shape index (κ1) is 10.4. The van der Waals surface area contributed by atoms with Crippen molar-refractivity contribution >= 4 is 22.6 Å². The number of benzene rings is 1. The van der Waals surface area contributed by atoms with Gasteiger partial charge in [0.2, 0.25) is 5.28 Å². The fraction of sp³-hybridized carbons (Fsp3) is 0.364. The van der Waals surface area contributed by atoms with Gasteiger partial charge in [-0.15, -0.1) is 0 Å². The molecule has 80 valence electrons. The Morgan fingerprint density at radius 3 is 2.87 bits per heavy atom. The van der Waals surface area contributed by atoms with Gasteiger partial charge in [0, 0.05) is 12.6 Å². The smallest absolute Gasteiger partial charge is 0.203 e. The number of halogens is 2. The van der Waals surface area contributed by atoms with E-state index in [2.05, 4.69) is 18.8 Å². The lowest BCUT2D eigenvalue weighted by atomic mass is 10.2. The molecule has 0 spiro atoms. The zero-order valence-corrected chi connectivity index (χ0v) is 9.42. The molecule has 0 aliphatic heterocycles. The van der Waals surface area contributed by atoms with Gasteiger partial charge in [-0.2, -0.15) is 0 Å². The molecule has 1 heterocycles. The quantitative estimate of drug-likeness (QED) is 0.767. The van der Waals surface area contributed by atoms with Crippen molar-refractivity contribution in [3.8, 4) is 0 Å². The van der Waals surface area contributed by atoms with Crippen molar-refractivity contribution in [3.63, 3.8) is 0 Å². The molecule has 1 aromatic heterocycles. The standard InChI is InChI=1S/C11H12ClFN2/c1-7(2)6-15-10-4-3-8(13)5-9(10)14-11(15)12/h3-5,7H,6H2,1-2H3. The number of fused-ring (bicyclic) bond motifs is 1. The summed E-state index contributed by atoms with van der Waals surface area (Å²) in [5.41, 5.74) is 1.50. The molecule has 2 nitrogen and oxygen atoms in total. The first-order chi connectivity index (χ1) is 7.08. The second kappa shape index (κ2) is 3.81. The van der Waals surface area contributed by atoms with Gasteiger partial charge >= 0.3 is 0 Å². The number of hydrogen-bond donors (Lipinski definition) is 0. The maximum absolute atomic E-state index is 12.9. The van der Waals surface area contributed by atoms with Crippen LogP contribution in [0.2, 0.25) is 5.28 Å². The Balaban J connectivity index is 2.58. The number of rotatable bonds is 2. The van der Waals surface area contributed by atoms with E-state index in [1.807, 2.05) is 4.57 Å².